The Bertz CT molecular complexity index is 411. The maximum Gasteiger partial charge on any atom is 0.276 e. The van der Waals surface area contributed by atoms with Crippen LogP contribution in [-0.2, 0) is 17.1 Å². The summed E-state index contributed by atoms with van der Waals surface area (Å²) in [5, 5.41) is 0. The molecule has 0 amide bonds. The van der Waals surface area contributed by atoms with Crippen LogP contribution >= 0.6 is 0 Å². The van der Waals surface area contributed by atoms with Crippen molar-refractivity contribution in [3.05, 3.63) is 23.0 Å². The Morgan fingerprint density at radius 2 is 1.62 bits per heavy atom. The van der Waals surface area contributed by atoms with Crippen molar-refractivity contribution < 1.29 is 28.0 Å². The number of H-pyrrole nitrogens is 2. The summed E-state index contributed by atoms with van der Waals surface area (Å²) in [5.41, 5.74) is 0.675. The average molecular weight is 236 g/mol. The smallest absolute Gasteiger partial charge is 0.276 e. The molecule has 0 spiro atoms. The third kappa shape index (κ3) is 2.36. The van der Waals surface area contributed by atoms with Gasteiger partial charge < -0.3 is 20.9 Å². The van der Waals surface area contributed by atoms with Crippen LogP contribution < -0.4 is 5.56 Å². The van der Waals surface area contributed by atoms with E-state index in [0.717, 1.165) is 0 Å². The summed E-state index contributed by atoms with van der Waals surface area (Å²) in [6.07, 6.45) is 2.76. The van der Waals surface area contributed by atoms with Crippen LogP contribution in [0.2, 0.25) is 0 Å². The fourth-order valence-corrected chi connectivity index (χ4v) is 0.776. The van der Waals surface area contributed by atoms with Gasteiger partial charge in [0.15, 0.2) is 11.2 Å². The molecule has 8 heteroatoms. The van der Waals surface area contributed by atoms with Crippen molar-refractivity contribution in [1.29, 1.82) is 0 Å². The van der Waals surface area contributed by atoms with E-state index in [1.807, 2.05) is 0 Å². The standard InChI is InChI=1S/C5H4N4O.Cu.2H2O/c10-5-3-4(7-1-6-3)8-2-9-5;;;/h1-2H,(H2,6,7,8,9,10);;2*1H2. The number of aromatic nitrogens is 4. The van der Waals surface area contributed by atoms with Gasteiger partial charge >= 0.3 is 0 Å². The normalized spacial score (nSPS) is 8.00. The first-order valence-electron chi connectivity index (χ1n) is 2.75. The number of nitrogens with one attached hydrogen (secondary N) is 2. The van der Waals surface area contributed by atoms with E-state index in [9.17, 15) is 4.79 Å². The topological polar surface area (TPSA) is 137 Å². The van der Waals surface area contributed by atoms with E-state index >= 15 is 0 Å². The number of rotatable bonds is 0. The Labute approximate surface area is 82.7 Å². The van der Waals surface area contributed by atoms with Crippen molar-refractivity contribution in [2.24, 2.45) is 0 Å². The molecule has 0 saturated heterocycles. The second-order valence-corrected chi connectivity index (χ2v) is 1.83. The van der Waals surface area contributed by atoms with Crippen molar-refractivity contribution in [3.63, 3.8) is 0 Å². The molecule has 1 radical (unpaired) electrons. The SMILES string of the molecule is O.O.O=c1[nH]cnc2nc[nH]c12.[Cu]. The second kappa shape index (κ2) is 5.44. The van der Waals surface area contributed by atoms with Crippen molar-refractivity contribution >= 4 is 11.2 Å². The molecule has 2 aromatic rings. The maximum absolute atomic E-state index is 10.9. The summed E-state index contributed by atoms with van der Waals surface area (Å²) in [7, 11) is 0. The summed E-state index contributed by atoms with van der Waals surface area (Å²) in [4.78, 5) is 23.6. The van der Waals surface area contributed by atoms with Gasteiger partial charge in [-0.3, -0.25) is 4.79 Å². The summed E-state index contributed by atoms with van der Waals surface area (Å²) < 4.78 is 0. The first-order chi connectivity index (χ1) is 4.88. The summed E-state index contributed by atoms with van der Waals surface area (Å²) in [6, 6.07) is 0. The van der Waals surface area contributed by atoms with E-state index in [2.05, 4.69) is 19.9 Å². The molecule has 2 heterocycles. The number of imidazole rings is 1. The predicted octanol–water partition coefficient (Wildman–Crippen LogP) is -2.01. The summed E-state index contributed by atoms with van der Waals surface area (Å²) >= 11 is 0. The molecule has 77 valence electrons. The zero-order chi connectivity index (χ0) is 6.97. The Morgan fingerprint density at radius 1 is 1.08 bits per heavy atom. The van der Waals surface area contributed by atoms with E-state index in [-0.39, 0.29) is 33.6 Å². The zero-order valence-corrected chi connectivity index (χ0v) is 7.20. The molecular weight excluding hydrogens is 228 g/mol. The molecule has 6 N–H and O–H groups in total. The Hall–Kier alpha value is -1.21. The van der Waals surface area contributed by atoms with Crippen LogP contribution in [0, 0.1) is 0 Å². The van der Waals surface area contributed by atoms with Crippen LogP contribution in [0.5, 0.6) is 0 Å². The number of aromatic amines is 2. The van der Waals surface area contributed by atoms with Gasteiger partial charge in [-0.25, -0.2) is 9.97 Å². The number of hydrogen-bond acceptors (Lipinski definition) is 3. The van der Waals surface area contributed by atoms with Gasteiger partial charge in [-0.15, -0.1) is 0 Å². The average Bonchev–Trinajstić information content (AvgIpc) is 2.36. The molecule has 13 heavy (non-hydrogen) atoms. The third-order valence-electron chi connectivity index (χ3n) is 1.23. The second-order valence-electron chi connectivity index (χ2n) is 1.83. The van der Waals surface area contributed by atoms with E-state index in [1.165, 1.54) is 12.7 Å². The van der Waals surface area contributed by atoms with E-state index < -0.39 is 0 Å². The monoisotopic (exact) mass is 235 g/mol. The van der Waals surface area contributed by atoms with Crippen molar-refractivity contribution in [1.82, 2.24) is 19.9 Å². The number of hydrogen-bond donors (Lipinski definition) is 2. The Morgan fingerprint density at radius 3 is 2.15 bits per heavy atom. The van der Waals surface area contributed by atoms with Crippen LogP contribution in [0.3, 0.4) is 0 Å². The molecule has 7 nitrogen and oxygen atoms in total. The minimum atomic E-state index is -0.192. The minimum absolute atomic E-state index is 0. The molecule has 0 unspecified atom stereocenters. The fourth-order valence-electron chi connectivity index (χ4n) is 0.776. The van der Waals surface area contributed by atoms with Crippen molar-refractivity contribution in [3.8, 4) is 0 Å². The molecule has 0 saturated carbocycles. The van der Waals surface area contributed by atoms with Crippen LogP contribution in [0.1, 0.15) is 0 Å². The molecular formula is C5H8CuN4O3. The van der Waals surface area contributed by atoms with Gasteiger partial charge in [0.05, 0.1) is 12.7 Å². The molecule has 0 aromatic carbocycles. The van der Waals surface area contributed by atoms with Gasteiger partial charge in [0.1, 0.15) is 0 Å². The van der Waals surface area contributed by atoms with Crippen LogP contribution in [0.15, 0.2) is 17.4 Å². The van der Waals surface area contributed by atoms with Gasteiger partial charge in [0.25, 0.3) is 5.56 Å². The number of fused-ring (bicyclic) bond motifs is 1. The molecule has 0 atom stereocenters. The maximum atomic E-state index is 10.9. The van der Waals surface area contributed by atoms with E-state index in [1.54, 1.807) is 0 Å². The Balaban J connectivity index is 0. The minimum Gasteiger partial charge on any atom is -0.412 e. The van der Waals surface area contributed by atoms with Crippen LogP contribution in [0.25, 0.3) is 11.2 Å². The number of nitrogens with zero attached hydrogens (tertiary/aromatic N) is 2. The third-order valence-corrected chi connectivity index (χ3v) is 1.23. The quantitative estimate of drug-likeness (QED) is 0.511. The van der Waals surface area contributed by atoms with Crippen LogP contribution in [-0.4, -0.2) is 30.9 Å². The van der Waals surface area contributed by atoms with E-state index in [0.29, 0.717) is 11.2 Å². The van der Waals surface area contributed by atoms with E-state index in [4.69, 9.17) is 0 Å². The molecule has 2 aromatic heterocycles. The zero-order valence-electron chi connectivity index (χ0n) is 6.26. The molecule has 0 aliphatic carbocycles. The Kier molecular flexibility index (Phi) is 5.99. The van der Waals surface area contributed by atoms with Gasteiger partial charge in [0.2, 0.25) is 0 Å². The van der Waals surface area contributed by atoms with Crippen molar-refractivity contribution in [2.75, 3.05) is 0 Å². The first-order valence-corrected chi connectivity index (χ1v) is 2.75. The molecule has 0 fully saturated rings. The molecule has 0 aliphatic heterocycles. The van der Waals surface area contributed by atoms with Gasteiger partial charge in [-0.05, 0) is 0 Å². The van der Waals surface area contributed by atoms with Gasteiger partial charge in [0, 0.05) is 17.1 Å². The first kappa shape index (κ1) is 14.3. The van der Waals surface area contributed by atoms with Gasteiger partial charge in [-0.2, -0.15) is 0 Å². The largest absolute Gasteiger partial charge is 0.412 e. The van der Waals surface area contributed by atoms with Crippen molar-refractivity contribution in [2.45, 2.75) is 0 Å². The molecule has 2 rings (SSSR count). The molecule has 0 aliphatic rings. The van der Waals surface area contributed by atoms with Crippen LogP contribution in [0.4, 0.5) is 0 Å². The fraction of sp³-hybridized carbons (Fsp3) is 0. The van der Waals surface area contributed by atoms with Gasteiger partial charge in [-0.1, -0.05) is 0 Å². The summed E-state index contributed by atoms with van der Waals surface area (Å²) in [5.74, 6) is 0. The predicted molar refractivity (Wildman–Crippen MR) is 41.7 cm³/mol. The molecule has 0 bridgehead atoms. The summed E-state index contributed by atoms with van der Waals surface area (Å²) in [6.45, 7) is 0.